The van der Waals surface area contributed by atoms with Gasteiger partial charge in [0.25, 0.3) is 0 Å². The highest BCUT2D eigenvalue weighted by Crippen LogP contribution is 2.57. The number of aliphatic hydroxyl groups is 2. The van der Waals surface area contributed by atoms with Crippen LogP contribution in [-0.4, -0.2) is 22.4 Å². The van der Waals surface area contributed by atoms with Gasteiger partial charge in [0.1, 0.15) is 0 Å². The molecule has 2 aliphatic rings. The molecule has 70 valence electrons. The van der Waals surface area contributed by atoms with Gasteiger partial charge in [0, 0.05) is 0 Å². The predicted molar refractivity (Wildman–Crippen MR) is 46.6 cm³/mol. The average Bonchev–Trinajstić information content (AvgIpc) is 2.52. The van der Waals surface area contributed by atoms with Crippen molar-refractivity contribution in [2.45, 2.75) is 45.3 Å². The quantitative estimate of drug-likeness (QED) is 0.620. The Morgan fingerprint density at radius 2 is 2.00 bits per heavy atom. The number of fused-ring (bicyclic) bond motifs is 2. The molecular formula is C10H18O2. The molecule has 0 heterocycles. The van der Waals surface area contributed by atoms with E-state index in [9.17, 15) is 10.2 Å². The van der Waals surface area contributed by atoms with E-state index in [-0.39, 0.29) is 0 Å². The van der Waals surface area contributed by atoms with E-state index in [4.69, 9.17) is 0 Å². The second-order valence-electron chi connectivity index (χ2n) is 4.80. The Hall–Kier alpha value is -0.0800. The van der Waals surface area contributed by atoms with Crippen LogP contribution in [0.5, 0.6) is 0 Å². The van der Waals surface area contributed by atoms with Crippen LogP contribution in [-0.2, 0) is 0 Å². The lowest BCUT2D eigenvalue weighted by atomic mass is 9.71. The molecule has 5 unspecified atom stereocenters. The maximum atomic E-state index is 9.70. The summed E-state index contributed by atoms with van der Waals surface area (Å²) in [5, 5.41) is 19.3. The smallest absolute Gasteiger partial charge is 0.0835 e. The van der Waals surface area contributed by atoms with Crippen LogP contribution < -0.4 is 0 Å². The van der Waals surface area contributed by atoms with Crippen molar-refractivity contribution in [3.05, 3.63) is 0 Å². The molecule has 2 saturated carbocycles. The van der Waals surface area contributed by atoms with Gasteiger partial charge in [0.05, 0.1) is 12.2 Å². The van der Waals surface area contributed by atoms with Crippen LogP contribution in [0.1, 0.15) is 33.1 Å². The van der Waals surface area contributed by atoms with Crippen molar-refractivity contribution >= 4 is 0 Å². The molecule has 12 heavy (non-hydrogen) atoms. The van der Waals surface area contributed by atoms with Gasteiger partial charge < -0.3 is 10.2 Å². The van der Waals surface area contributed by atoms with E-state index in [0.29, 0.717) is 17.3 Å². The zero-order chi connectivity index (χ0) is 8.93. The summed E-state index contributed by atoms with van der Waals surface area (Å²) in [5.41, 5.74) is 0.295. The fourth-order valence-corrected chi connectivity index (χ4v) is 3.18. The minimum absolute atomic E-state index is 0.295. The third-order valence-corrected chi connectivity index (χ3v) is 4.23. The summed E-state index contributed by atoms with van der Waals surface area (Å²) in [6.45, 7) is 4.42. The molecule has 0 aromatic rings. The van der Waals surface area contributed by atoms with Crippen LogP contribution in [0, 0.1) is 17.3 Å². The molecule has 0 amide bonds. The van der Waals surface area contributed by atoms with Crippen molar-refractivity contribution in [1.29, 1.82) is 0 Å². The van der Waals surface area contributed by atoms with Crippen molar-refractivity contribution in [1.82, 2.24) is 0 Å². The molecule has 2 nitrogen and oxygen atoms in total. The molecule has 0 aromatic carbocycles. The first-order valence-corrected chi connectivity index (χ1v) is 4.94. The van der Waals surface area contributed by atoms with Crippen LogP contribution in [0.15, 0.2) is 0 Å². The second-order valence-corrected chi connectivity index (χ2v) is 4.80. The van der Waals surface area contributed by atoms with Crippen LogP contribution in [0.2, 0.25) is 0 Å². The third-order valence-electron chi connectivity index (χ3n) is 4.23. The normalized spacial score (nSPS) is 58.0. The lowest BCUT2D eigenvalue weighted by Crippen LogP contribution is -2.41. The van der Waals surface area contributed by atoms with Crippen LogP contribution in [0.3, 0.4) is 0 Å². The maximum Gasteiger partial charge on any atom is 0.0835 e. The summed E-state index contributed by atoms with van der Waals surface area (Å²) in [6, 6.07) is 0. The first-order valence-electron chi connectivity index (χ1n) is 4.94. The molecule has 2 aliphatic carbocycles. The van der Waals surface area contributed by atoms with E-state index in [1.807, 2.05) is 0 Å². The SMILES string of the molecule is CCC1(C)CC2CC1C(O)C2O. The van der Waals surface area contributed by atoms with Crippen LogP contribution >= 0.6 is 0 Å². The molecular weight excluding hydrogens is 152 g/mol. The predicted octanol–water partition coefficient (Wildman–Crippen LogP) is 1.16. The van der Waals surface area contributed by atoms with Crippen molar-refractivity contribution in [2.75, 3.05) is 0 Å². The minimum atomic E-state index is -0.450. The second kappa shape index (κ2) is 2.46. The Bertz CT molecular complexity index is 190. The van der Waals surface area contributed by atoms with Gasteiger partial charge in [-0.25, -0.2) is 0 Å². The summed E-state index contributed by atoms with van der Waals surface area (Å²) in [4.78, 5) is 0. The lowest BCUT2D eigenvalue weighted by molar-refractivity contribution is -0.0604. The van der Waals surface area contributed by atoms with Crippen LogP contribution in [0.25, 0.3) is 0 Å². The summed E-state index contributed by atoms with van der Waals surface area (Å²) in [6.07, 6.45) is 2.38. The van der Waals surface area contributed by atoms with Crippen molar-refractivity contribution < 1.29 is 10.2 Å². The van der Waals surface area contributed by atoms with Gasteiger partial charge in [0.15, 0.2) is 0 Å². The van der Waals surface area contributed by atoms with Gasteiger partial charge >= 0.3 is 0 Å². The monoisotopic (exact) mass is 170 g/mol. The molecule has 2 bridgehead atoms. The van der Waals surface area contributed by atoms with Gasteiger partial charge in [0.2, 0.25) is 0 Å². The largest absolute Gasteiger partial charge is 0.390 e. The average molecular weight is 170 g/mol. The Morgan fingerprint density at radius 3 is 2.42 bits per heavy atom. The highest BCUT2D eigenvalue weighted by Gasteiger charge is 2.56. The first-order chi connectivity index (χ1) is 5.58. The topological polar surface area (TPSA) is 40.5 Å². The summed E-state index contributed by atoms with van der Waals surface area (Å²) in [7, 11) is 0. The van der Waals surface area contributed by atoms with Gasteiger partial charge in [-0.1, -0.05) is 20.3 Å². The molecule has 0 saturated heterocycles. The molecule has 5 atom stereocenters. The Morgan fingerprint density at radius 1 is 1.33 bits per heavy atom. The number of hydrogen-bond donors (Lipinski definition) is 2. The van der Waals surface area contributed by atoms with Crippen LogP contribution in [0.4, 0.5) is 0 Å². The van der Waals surface area contributed by atoms with Crippen molar-refractivity contribution in [2.24, 2.45) is 17.3 Å². The summed E-state index contributed by atoms with van der Waals surface area (Å²) < 4.78 is 0. The minimum Gasteiger partial charge on any atom is -0.390 e. The molecule has 0 radical (unpaired) electrons. The highest BCUT2D eigenvalue weighted by atomic mass is 16.3. The number of rotatable bonds is 1. The zero-order valence-electron chi connectivity index (χ0n) is 7.83. The van der Waals surface area contributed by atoms with E-state index >= 15 is 0 Å². The molecule has 0 aromatic heterocycles. The Kier molecular flexibility index (Phi) is 1.74. The lowest BCUT2D eigenvalue weighted by Gasteiger charge is -2.38. The first kappa shape index (κ1) is 8.52. The summed E-state index contributed by atoms with van der Waals surface area (Å²) >= 11 is 0. The van der Waals surface area contributed by atoms with E-state index in [0.717, 1.165) is 19.3 Å². The van der Waals surface area contributed by atoms with Gasteiger partial charge in [-0.05, 0) is 30.1 Å². The van der Waals surface area contributed by atoms with E-state index in [2.05, 4.69) is 13.8 Å². The molecule has 0 aliphatic heterocycles. The van der Waals surface area contributed by atoms with Gasteiger partial charge in [-0.2, -0.15) is 0 Å². The fourth-order valence-electron chi connectivity index (χ4n) is 3.18. The maximum absolute atomic E-state index is 9.70. The zero-order valence-corrected chi connectivity index (χ0v) is 7.83. The fraction of sp³-hybridized carbons (Fsp3) is 1.00. The Balaban J connectivity index is 2.20. The molecule has 2 N–H and O–H groups in total. The Labute approximate surface area is 73.6 Å². The van der Waals surface area contributed by atoms with Gasteiger partial charge in [-0.15, -0.1) is 0 Å². The van der Waals surface area contributed by atoms with E-state index in [1.54, 1.807) is 0 Å². The molecule has 2 heteroatoms. The summed E-state index contributed by atoms with van der Waals surface area (Å²) in [5.74, 6) is 0.720. The van der Waals surface area contributed by atoms with Gasteiger partial charge in [-0.3, -0.25) is 0 Å². The third kappa shape index (κ3) is 0.882. The highest BCUT2D eigenvalue weighted by molar-refractivity contribution is 5.06. The van der Waals surface area contributed by atoms with E-state index < -0.39 is 12.2 Å². The standard InChI is InChI=1S/C10H18O2/c1-3-10(2)5-6-4-7(10)9(12)8(6)11/h6-9,11-12H,3-5H2,1-2H3. The number of aliphatic hydroxyl groups excluding tert-OH is 2. The van der Waals surface area contributed by atoms with E-state index in [1.165, 1.54) is 0 Å². The molecule has 2 fully saturated rings. The van der Waals surface area contributed by atoms with Crippen molar-refractivity contribution in [3.63, 3.8) is 0 Å². The molecule has 2 rings (SSSR count). The molecule has 0 spiro atoms. The number of hydrogen-bond acceptors (Lipinski definition) is 2. The van der Waals surface area contributed by atoms with Crippen molar-refractivity contribution in [3.8, 4) is 0 Å².